The lowest BCUT2D eigenvalue weighted by molar-refractivity contribution is -0.127. The van der Waals surface area contributed by atoms with E-state index in [2.05, 4.69) is 11.4 Å². The summed E-state index contributed by atoms with van der Waals surface area (Å²) < 4.78 is 4.87. The summed E-state index contributed by atoms with van der Waals surface area (Å²) in [6, 6.07) is 9.12. The Morgan fingerprint density at radius 3 is 3.00 bits per heavy atom. The number of alkyl carbamates (subject to hydrolysis) is 1. The summed E-state index contributed by atoms with van der Waals surface area (Å²) in [6.07, 6.45) is 4.33. The Morgan fingerprint density at radius 2 is 2.25 bits per heavy atom. The Hall–Kier alpha value is -2.81. The fourth-order valence-corrected chi connectivity index (χ4v) is 2.65. The summed E-state index contributed by atoms with van der Waals surface area (Å²) in [5, 5.41) is 11.8. The van der Waals surface area contributed by atoms with E-state index in [-0.39, 0.29) is 11.9 Å². The van der Waals surface area contributed by atoms with Gasteiger partial charge in [-0.3, -0.25) is 4.79 Å². The molecule has 0 spiro atoms. The van der Waals surface area contributed by atoms with E-state index in [0.29, 0.717) is 30.8 Å². The maximum absolute atomic E-state index is 12.3. The van der Waals surface area contributed by atoms with Crippen LogP contribution >= 0.6 is 0 Å². The average Bonchev–Trinajstić information content (AvgIpc) is 2.60. The van der Waals surface area contributed by atoms with Gasteiger partial charge >= 0.3 is 6.09 Å². The van der Waals surface area contributed by atoms with E-state index < -0.39 is 6.09 Å². The summed E-state index contributed by atoms with van der Waals surface area (Å²) in [7, 11) is 0. The van der Waals surface area contributed by atoms with E-state index in [4.69, 9.17) is 10.00 Å². The molecule has 1 aliphatic rings. The van der Waals surface area contributed by atoms with Crippen LogP contribution in [-0.4, -0.2) is 42.6 Å². The first-order valence-corrected chi connectivity index (χ1v) is 8.03. The molecule has 1 heterocycles. The molecule has 0 aromatic heterocycles. The highest BCUT2D eigenvalue weighted by atomic mass is 16.5. The Bertz CT molecular complexity index is 664. The quantitative estimate of drug-likeness (QED) is 0.860. The highest BCUT2D eigenvalue weighted by molar-refractivity contribution is 5.92. The minimum atomic E-state index is -0.449. The number of hydrogen-bond donors (Lipinski definition) is 1. The fraction of sp³-hybridized carbons (Fsp3) is 0.389. The van der Waals surface area contributed by atoms with E-state index >= 15 is 0 Å². The lowest BCUT2D eigenvalue weighted by atomic mass is 10.1. The number of benzene rings is 1. The molecule has 2 rings (SSSR count). The number of nitrogens with one attached hydrogen (secondary N) is 1. The predicted octanol–water partition coefficient (Wildman–Crippen LogP) is 2.31. The molecule has 6 nitrogen and oxygen atoms in total. The maximum Gasteiger partial charge on any atom is 0.407 e. The van der Waals surface area contributed by atoms with Gasteiger partial charge in [0.15, 0.2) is 0 Å². The van der Waals surface area contributed by atoms with Crippen LogP contribution in [0.3, 0.4) is 0 Å². The SMILES string of the molecule is CCOC(=O)NC1CCCN(C(=O)/C=C/c2ccccc2C#N)C1. The molecule has 0 saturated carbocycles. The first-order valence-electron chi connectivity index (χ1n) is 8.03. The van der Waals surface area contributed by atoms with E-state index in [0.717, 1.165) is 12.8 Å². The molecule has 1 saturated heterocycles. The molecule has 0 radical (unpaired) electrons. The zero-order chi connectivity index (χ0) is 17.4. The van der Waals surface area contributed by atoms with Gasteiger partial charge in [-0.05, 0) is 37.5 Å². The zero-order valence-electron chi connectivity index (χ0n) is 13.7. The van der Waals surface area contributed by atoms with Crippen LogP contribution in [0, 0.1) is 11.3 Å². The molecule has 2 amide bonds. The average molecular weight is 327 g/mol. The fourth-order valence-electron chi connectivity index (χ4n) is 2.65. The number of likely N-dealkylation sites (tertiary alicyclic amines) is 1. The number of amides is 2. The van der Waals surface area contributed by atoms with Gasteiger partial charge < -0.3 is 15.0 Å². The van der Waals surface area contributed by atoms with Gasteiger partial charge in [0.2, 0.25) is 5.91 Å². The second-order valence-electron chi connectivity index (χ2n) is 5.52. The van der Waals surface area contributed by atoms with Crippen LogP contribution < -0.4 is 5.32 Å². The molecule has 126 valence electrons. The number of nitrogens with zero attached hydrogens (tertiary/aromatic N) is 2. The highest BCUT2D eigenvalue weighted by Gasteiger charge is 2.23. The van der Waals surface area contributed by atoms with Crippen LogP contribution in [0.1, 0.15) is 30.9 Å². The van der Waals surface area contributed by atoms with Gasteiger partial charge in [0.1, 0.15) is 0 Å². The molecule has 24 heavy (non-hydrogen) atoms. The smallest absolute Gasteiger partial charge is 0.407 e. The summed E-state index contributed by atoms with van der Waals surface area (Å²) in [5.41, 5.74) is 1.24. The molecule has 1 aliphatic heterocycles. The lowest BCUT2D eigenvalue weighted by Crippen LogP contribution is -2.49. The van der Waals surface area contributed by atoms with Gasteiger partial charge in [-0.2, -0.15) is 5.26 Å². The third-order valence-electron chi connectivity index (χ3n) is 3.82. The van der Waals surface area contributed by atoms with Gasteiger partial charge in [-0.25, -0.2) is 4.79 Å². The number of carbonyl (C=O) groups excluding carboxylic acids is 2. The minimum Gasteiger partial charge on any atom is -0.450 e. The molecule has 0 bridgehead atoms. The highest BCUT2D eigenvalue weighted by Crippen LogP contribution is 2.13. The van der Waals surface area contributed by atoms with E-state index in [9.17, 15) is 9.59 Å². The molecule has 6 heteroatoms. The molecule has 1 aromatic carbocycles. The molecule has 1 aromatic rings. The first-order chi connectivity index (χ1) is 11.6. The summed E-state index contributed by atoms with van der Waals surface area (Å²) in [6.45, 7) is 3.19. The number of carbonyl (C=O) groups is 2. The van der Waals surface area contributed by atoms with Crippen molar-refractivity contribution in [3.63, 3.8) is 0 Å². The van der Waals surface area contributed by atoms with Crippen LogP contribution in [0.15, 0.2) is 30.3 Å². The number of rotatable bonds is 4. The number of piperidine rings is 1. The minimum absolute atomic E-state index is 0.0958. The van der Waals surface area contributed by atoms with Gasteiger partial charge in [0.05, 0.1) is 18.2 Å². The summed E-state index contributed by atoms with van der Waals surface area (Å²) in [5.74, 6) is -0.127. The molecular weight excluding hydrogens is 306 g/mol. The van der Waals surface area contributed by atoms with Crippen LogP contribution in [0.5, 0.6) is 0 Å². The number of ether oxygens (including phenoxy) is 1. The van der Waals surface area contributed by atoms with Gasteiger partial charge in [0.25, 0.3) is 0 Å². The molecule has 1 unspecified atom stereocenters. The Balaban J connectivity index is 1.95. The summed E-state index contributed by atoms with van der Waals surface area (Å²) >= 11 is 0. The Labute approximate surface area is 141 Å². The van der Waals surface area contributed by atoms with E-state index in [1.165, 1.54) is 6.08 Å². The van der Waals surface area contributed by atoms with Gasteiger partial charge in [-0.1, -0.05) is 18.2 Å². The lowest BCUT2D eigenvalue weighted by Gasteiger charge is -2.32. The van der Waals surface area contributed by atoms with Crippen molar-refractivity contribution in [2.75, 3.05) is 19.7 Å². The largest absolute Gasteiger partial charge is 0.450 e. The summed E-state index contributed by atoms with van der Waals surface area (Å²) in [4.78, 5) is 25.5. The monoisotopic (exact) mass is 327 g/mol. The predicted molar refractivity (Wildman–Crippen MR) is 90.0 cm³/mol. The van der Waals surface area contributed by atoms with Crippen molar-refractivity contribution in [3.8, 4) is 6.07 Å². The zero-order valence-corrected chi connectivity index (χ0v) is 13.7. The molecule has 0 aliphatic carbocycles. The maximum atomic E-state index is 12.3. The second-order valence-corrected chi connectivity index (χ2v) is 5.52. The molecule has 1 atom stereocenters. The van der Waals surface area contributed by atoms with Crippen LogP contribution in [0.25, 0.3) is 6.08 Å². The van der Waals surface area contributed by atoms with Crippen molar-refractivity contribution >= 4 is 18.1 Å². The second kappa shape index (κ2) is 8.73. The van der Waals surface area contributed by atoms with E-state index in [1.54, 1.807) is 36.1 Å². The third-order valence-corrected chi connectivity index (χ3v) is 3.82. The Morgan fingerprint density at radius 1 is 1.46 bits per heavy atom. The first kappa shape index (κ1) is 17.5. The topological polar surface area (TPSA) is 82.4 Å². The van der Waals surface area contributed by atoms with Crippen LogP contribution in [0.2, 0.25) is 0 Å². The molecule has 1 N–H and O–H groups in total. The van der Waals surface area contributed by atoms with Crippen LogP contribution in [0.4, 0.5) is 4.79 Å². The molecule has 1 fully saturated rings. The normalized spacial score (nSPS) is 17.3. The van der Waals surface area contributed by atoms with Gasteiger partial charge in [0, 0.05) is 25.2 Å². The van der Waals surface area contributed by atoms with Crippen molar-refractivity contribution in [1.82, 2.24) is 10.2 Å². The Kier molecular flexibility index (Phi) is 6.38. The van der Waals surface area contributed by atoms with Gasteiger partial charge in [-0.15, -0.1) is 0 Å². The van der Waals surface area contributed by atoms with Crippen LogP contribution in [-0.2, 0) is 9.53 Å². The third kappa shape index (κ3) is 4.85. The van der Waals surface area contributed by atoms with E-state index in [1.807, 2.05) is 6.07 Å². The van der Waals surface area contributed by atoms with Crippen molar-refractivity contribution < 1.29 is 14.3 Å². The number of nitriles is 1. The van der Waals surface area contributed by atoms with Crippen molar-refractivity contribution in [3.05, 3.63) is 41.5 Å². The standard InChI is InChI=1S/C18H21N3O3/c1-2-24-18(23)20-16-8-5-11-21(13-16)17(22)10-9-14-6-3-4-7-15(14)12-19/h3-4,6-7,9-10,16H,2,5,8,11,13H2,1H3,(H,20,23)/b10-9+. The van der Waals surface area contributed by atoms with Crippen molar-refractivity contribution in [2.24, 2.45) is 0 Å². The van der Waals surface area contributed by atoms with Crippen molar-refractivity contribution in [2.45, 2.75) is 25.8 Å². The van der Waals surface area contributed by atoms with Crippen molar-refractivity contribution in [1.29, 1.82) is 5.26 Å². The number of hydrogen-bond acceptors (Lipinski definition) is 4. The molecular formula is C18H21N3O3.